The average Bonchev–Trinajstić information content (AvgIpc) is 2.13. The van der Waals surface area contributed by atoms with Crippen LogP contribution in [0.2, 0.25) is 10.0 Å². The van der Waals surface area contributed by atoms with Gasteiger partial charge in [0, 0.05) is 15.8 Å². The van der Waals surface area contributed by atoms with E-state index in [-0.39, 0.29) is 0 Å². The van der Waals surface area contributed by atoms with Crippen molar-refractivity contribution in [3.8, 4) is 5.40 Å². The maximum Gasteiger partial charge on any atom is 0.133 e. The molecule has 0 aliphatic heterocycles. The SMILES string of the molecule is CC(CSC#N)Cc1cc(Cl)cc(Cl)c1. The molecule has 0 heterocycles. The van der Waals surface area contributed by atoms with Crippen molar-refractivity contribution in [1.82, 2.24) is 0 Å². The number of thioether (sulfide) groups is 1. The second-order valence-corrected chi connectivity index (χ2v) is 5.17. The molecule has 0 saturated heterocycles. The van der Waals surface area contributed by atoms with Gasteiger partial charge < -0.3 is 0 Å². The van der Waals surface area contributed by atoms with Gasteiger partial charge in [-0.1, -0.05) is 30.1 Å². The second kappa shape index (κ2) is 6.27. The molecular formula is C11H11Cl2NS. The maximum absolute atomic E-state index is 8.44. The topological polar surface area (TPSA) is 23.8 Å². The average molecular weight is 260 g/mol. The van der Waals surface area contributed by atoms with Crippen LogP contribution in [-0.2, 0) is 6.42 Å². The molecule has 15 heavy (non-hydrogen) atoms. The Balaban J connectivity index is 2.60. The quantitative estimate of drug-likeness (QED) is 0.750. The fraction of sp³-hybridized carbons (Fsp3) is 0.364. The molecule has 0 saturated carbocycles. The molecule has 0 aliphatic carbocycles. The van der Waals surface area contributed by atoms with Crippen LogP contribution in [0.3, 0.4) is 0 Å². The third kappa shape index (κ3) is 4.79. The van der Waals surface area contributed by atoms with Gasteiger partial charge in [0.25, 0.3) is 0 Å². The first-order chi connectivity index (χ1) is 7.11. The number of halogens is 2. The van der Waals surface area contributed by atoms with E-state index in [0.29, 0.717) is 16.0 Å². The van der Waals surface area contributed by atoms with Gasteiger partial charge in [-0.05, 0) is 47.9 Å². The largest absolute Gasteiger partial charge is 0.185 e. The predicted molar refractivity (Wildman–Crippen MR) is 67.4 cm³/mol. The minimum absolute atomic E-state index is 0.448. The highest BCUT2D eigenvalue weighted by molar-refractivity contribution is 8.03. The van der Waals surface area contributed by atoms with Gasteiger partial charge in [-0.3, -0.25) is 0 Å². The lowest BCUT2D eigenvalue weighted by Crippen LogP contribution is -2.02. The molecule has 0 aliphatic rings. The Kier molecular flexibility index (Phi) is 5.31. The van der Waals surface area contributed by atoms with Crippen molar-refractivity contribution >= 4 is 35.0 Å². The molecule has 0 aromatic heterocycles. The van der Waals surface area contributed by atoms with E-state index in [1.165, 1.54) is 11.8 Å². The summed E-state index contributed by atoms with van der Waals surface area (Å²) in [6, 6.07) is 5.56. The van der Waals surface area contributed by atoms with E-state index in [1.54, 1.807) is 6.07 Å². The number of benzene rings is 1. The van der Waals surface area contributed by atoms with E-state index in [0.717, 1.165) is 17.7 Å². The highest BCUT2D eigenvalue weighted by atomic mass is 35.5. The summed E-state index contributed by atoms with van der Waals surface area (Å²) in [7, 11) is 0. The highest BCUT2D eigenvalue weighted by Gasteiger charge is 2.05. The highest BCUT2D eigenvalue weighted by Crippen LogP contribution is 2.22. The zero-order chi connectivity index (χ0) is 11.3. The van der Waals surface area contributed by atoms with E-state index in [1.807, 2.05) is 12.1 Å². The zero-order valence-electron chi connectivity index (χ0n) is 8.34. The van der Waals surface area contributed by atoms with Crippen molar-refractivity contribution in [2.75, 3.05) is 5.75 Å². The summed E-state index contributed by atoms with van der Waals surface area (Å²) >= 11 is 13.1. The molecule has 80 valence electrons. The van der Waals surface area contributed by atoms with E-state index in [9.17, 15) is 0 Å². The summed E-state index contributed by atoms with van der Waals surface area (Å²) in [4.78, 5) is 0. The number of thiocyanates is 1. The first kappa shape index (κ1) is 12.7. The number of rotatable bonds is 4. The summed E-state index contributed by atoms with van der Waals surface area (Å²) < 4.78 is 0. The van der Waals surface area contributed by atoms with Gasteiger partial charge in [-0.15, -0.1) is 0 Å². The van der Waals surface area contributed by atoms with Gasteiger partial charge in [0.2, 0.25) is 0 Å². The van der Waals surface area contributed by atoms with Crippen LogP contribution >= 0.6 is 35.0 Å². The summed E-state index contributed by atoms with van der Waals surface area (Å²) in [5, 5.41) is 11.8. The van der Waals surface area contributed by atoms with Crippen LogP contribution in [0.5, 0.6) is 0 Å². The summed E-state index contributed by atoms with van der Waals surface area (Å²) in [6.45, 7) is 2.11. The van der Waals surface area contributed by atoms with Crippen molar-refractivity contribution in [2.45, 2.75) is 13.3 Å². The molecule has 0 spiro atoms. The minimum atomic E-state index is 0.448. The predicted octanol–water partition coefficient (Wildman–Crippen LogP) is 4.39. The minimum Gasteiger partial charge on any atom is -0.185 e. The van der Waals surface area contributed by atoms with E-state index in [2.05, 4.69) is 12.3 Å². The van der Waals surface area contributed by atoms with Crippen LogP contribution < -0.4 is 0 Å². The molecule has 1 nitrogen and oxygen atoms in total. The van der Waals surface area contributed by atoms with Crippen LogP contribution in [0, 0.1) is 16.6 Å². The number of hydrogen-bond acceptors (Lipinski definition) is 2. The third-order valence-electron chi connectivity index (χ3n) is 1.94. The second-order valence-electron chi connectivity index (χ2n) is 3.49. The molecule has 0 radical (unpaired) electrons. The number of hydrogen-bond donors (Lipinski definition) is 0. The summed E-state index contributed by atoms with van der Waals surface area (Å²) in [5.74, 6) is 1.28. The van der Waals surface area contributed by atoms with Crippen LogP contribution in [0.4, 0.5) is 0 Å². The smallest absolute Gasteiger partial charge is 0.133 e. The van der Waals surface area contributed by atoms with Crippen molar-refractivity contribution in [3.63, 3.8) is 0 Å². The van der Waals surface area contributed by atoms with Crippen LogP contribution in [0.1, 0.15) is 12.5 Å². The molecule has 1 atom stereocenters. The lowest BCUT2D eigenvalue weighted by atomic mass is 10.0. The molecule has 1 aromatic rings. The Bertz CT molecular complexity index is 353. The monoisotopic (exact) mass is 259 g/mol. The van der Waals surface area contributed by atoms with Crippen LogP contribution in [0.15, 0.2) is 18.2 Å². The Morgan fingerprint density at radius 2 is 1.93 bits per heavy atom. The molecule has 0 bridgehead atoms. The first-order valence-corrected chi connectivity index (χ1v) is 6.32. The van der Waals surface area contributed by atoms with Crippen molar-refractivity contribution < 1.29 is 0 Å². The van der Waals surface area contributed by atoms with Crippen LogP contribution in [0.25, 0.3) is 0 Å². The van der Waals surface area contributed by atoms with Crippen molar-refractivity contribution in [1.29, 1.82) is 5.26 Å². The molecule has 1 unspecified atom stereocenters. The van der Waals surface area contributed by atoms with Crippen molar-refractivity contribution in [2.24, 2.45) is 5.92 Å². The molecule has 1 aromatic carbocycles. The summed E-state index contributed by atoms with van der Waals surface area (Å²) in [6.07, 6.45) is 0.898. The summed E-state index contributed by atoms with van der Waals surface area (Å²) in [5.41, 5.74) is 1.12. The molecule has 4 heteroatoms. The Hall–Kier alpha value is -0.360. The standard InChI is InChI=1S/C11H11Cl2NS/c1-8(6-15-7-14)2-9-3-10(12)5-11(13)4-9/h3-5,8H,2,6H2,1H3. The number of nitrogens with zero attached hydrogens (tertiary/aromatic N) is 1. The normalized spacial score (nSPS) is 12.1. The molecule has 0 fully saturated rings. The lowest BCUT2D eigenvalue weighted by molar-refractivity contribution is 0.660. The lowest BCUT2D eigenvalue weighted by Gasteiger charge is -2.09. The van der Waals surface area contributed by atoms with E-state index >= 15 is 0 Å². The fourth-order valence-electron chi connectivity index (χ4n) is 1.37. The Labute approximate surface area is 104 Å². The van der Waals surface area contributed by atoms with Gasteiger partial charge in [0.15, 0.2) is 0 Å². The van der Waals surface area contributed by atoms with E-state index in [4.69, 9.17) is 28.5 Å². The molecule has 0 N–H and O–H groups in total. The van der Waals surface area contributed by atoms with Crippen LogP contribution in [-0.4, -0.2) is 5.75 Å². The van der Waals surface area contributed by atoms with Gasteiger partial charge >= 0.3 is 0 Å². The number of nitriles is 1. The first-order valence-electron chi connectivity index (χ1n) is 4.57. The van der Waals surface area contributed by atoms with Gasteiger partial charge in [-0.25, -0.2) is 0 Å². The Morgan fingerprint density at radius 3 is 2.47 bits per heavy atom. The van der Waals surface area contributed by atoms with Gasteiger partial charge in [0.05, 0.1) is 0 Å². The molecule has 1 rings (SSSR count). The third-order valence-corrected chi connectivity index (χ3v) is 3.24. The fourth-order valence-corrected chi connectivity index (χ4v) is 2.42. The maximum atomic E-state index is 8.44. The van der Waals surface area contributed by atoms with Crippen molar-refractivity contribution in [3.05, 3.63) is 33.8 Å². The molecule has 0 amide bonds. The molecular weight excluding hydrogens is 249 g/mol. The zero-order valence-corrected chi connectivity index (χ0v) is 10.7. The Morgan fingerprint density at radius 1 is 1.33 bits per heavy atom. The van der Waals surface area contributed by atoms with Gasteiger partial charge in [0.1, 0.15) is 5.40 Å². The van der Waals surface area contributed by atoms with E-state index < -0.39 is 0 Å². The van der Waals surface area contributed by atoms with Gasteiger partial charge in [-0.2, -0.15) is 5.26 Å².